The molecule has 0 spiro atoms. The Morgan fingerprint density at radius 3 is 2.48 bits per heavy atom. The summed E-state index contributed by atoms with van der Waals surface area (Å²) in [4.78, 5) is 11.0. The average Bonchev–Trinajstić information content (AvgIpc) is 2.86. The Kier molecular flexibility index (Phi) is 7.21. The number of anilines is 1. The number of ether oxygens (including phenoxy) is 1. The van der Waals surface area contributed by atoms with E-state index in [0.29, 0.717) is 12.2 Å². The van der Waals surface area contributed by atoms with E-state index in [1.165, 1.54) is 5.57 Å². The normalized spacial score (nSPS) is 17.1. The fraction of sp³-hybridized carbons (Fsp3) is 0.250. The minimum atomic E-state index is -0.920. The van der Waals surface area contributed by atoms with Gasteiger partial charge in [0.1, 0.15) is 0 Å². The second kappa shape index (κ2) is 10.3. The molecule has 0 bridgehead atoms. The van der Waals surface area contributed by atoms with Crippen molar-refractivity contribution < 1.29 is 14.6 Å². The highest BCUT2D eigenvalue weighted by molar-refractivity contribution is 7.99. The van der Waals surface area contributed by atoms with Gasteiger partial charge in [-0.3, -0.25) is 0 Å². The summed E-state index contributed by atoms with van der Waals surface area (Å²) in [5.41, 5.74) is 6.43. The van der Waals surface area contributed by atoms with Gasteiger partial charge in [-0.25, -0.2) is 4.79 Å². The van der Waals surface area contributed by atoms with Gasteiger partial charge in [0.05, 0.1) is 12.2 Å². The van der Waals surface area contributed by atoms with E-state index in [2.05, 4.69) is 42.9 Å². The largest absolute Gasteiger partial charge is 0.478 e. The molecule has 1 aliphatic rings. The first-order chi connectivity index (χ1) is 16.1. The first-order valence-electron chi connectivity index (χ1n) is 11.3. The SMILES string of the molecule is CCCCC1=CNc2ccccc2C1(OCc1ccc(-c2ccccc2C(=O)O)cc1)SC. The van der Waals surface area contributed by atoms with Gasteiger partial charge in [-0.15, -0.1) is 11.8 Å². The van der Waals surface area contributed by atoms with Crippen molar-refractivity contribution in [2.24, 2.45) is 0 Å². The molecule has 2 N–H and O–H groups in total. The number of hydrogen-bond acceptors (Lipinski definition) is 4. The van der Waals surface area contributed by atoms with Gasteiger partial charge in [0.2, 0.25) is 0 Å². The van der Waals surface area contributed by atoms with Crippen LogP contribution < -0.4 is 5.32 Å². The molecular formula is C28H29NO3S. The zero-order chi connectivity index (χ0) is 23.3. The number of para-hydroxylation sites is 1. The van der Waals surface area contributed by atoms with Crippen molar-refractivity contribution in [3.05, 3.63) is 101 Å². The Bertz CT molecular complexity index is 1160. The molecular weight excluding hydrogens is 430 g/mol. The van der Waals surface area contributed by atoms with E-state index in [0.717, 1.165) is 47.2 Å². The van der Waals surface area contributed by atoms with Crippen LogP contribution in [0.4, 0.5) is 5.69 Å². The van der Waals surface area contributed by atoms with E-state index in [9.17, 15) is 9.90 Å². The number of benzene rings is 3. The summed E-state index contributed by atoms with van der Waals surface area (Å²) in [5, 5.41) is 12.9. The van der Waals surface area contributed by atoms with Gasteiger partial charge in [-0.2, -0.15) is 0 Å². The fourth-order valence-electron chi connectivity index (χ4n) is 4.29. The maximum absolute atomic E-state index is 11.6. The Morgan fingerprint density at radius 1 is 1.03 bits per heavy atom. The maximum atomic E-state index is 11.6. The molecule has 0 amide bonds. The van der Waals surface area contributed by atoms with E-state index in [-0.39, 0.29) is 0 Å². The van der Waals surface area contributed by atoms with Crippen molar-refractivity contribution in [2.75, 3.05) is 11.6 Å². The molecule has 33 heavy (non-hydrogen) atoms. The quantitative estimate of drug-likeness (QED) is 0.329. The van der Waals surface area contributed by atoms with Crippen LogP contribution in [0.2, 0.25) is 0 Å². The third-order valence-electron chi connectivity index (χ3n) is 6.06. The molecule has 170 valence electrons. The summed E-state index contributed by atoms with van der Waals surface area (Å²) in [6, 6.07) is 23.4. The predicted molar refractivity (Wildman–Crippen MR) is 136 cm³/mol. The second-order valence-electron chi connectivity index (χ2n) is 8.12. The number of unbranched alkanes of at least 4 members (excludes halogenated alkanes) is 1. The lowest BCUT2D eigenvalue weighted by Crippen LogP contribution is -2.32. The Balaban J connectivity index is 1.59. The number of aromatic carboxylic acids is 1. The van der Waals surface area contributed by atoms with Crippen LogP contribution in [-0.4, -0.2) is 17.3 Å². The zero-order valence-corrected chi connectivity index (χ0v) is 19.8. The Labute approximate surface area is 199 Å². The second-order valence-corrected chi connectivity index (χ2v) is 9.10. The maximum Gasteiger partial charge on any atom is 0.336 e. The van der Waals surface area contributed by atoms with Crippen LogP contribution >= 0.6 is 11.8 Å². The number of hydrogen-bond donors (Lipinski definition) is 2. The summed E-state index contributed by atoms with van der Waals surface area (Å²) >= 11 is 1.72. The number of thioether (sulfide) groups is 1. The average molecular weight is 460 g/mol. The lowest BCUT2D eigenvalue weighted by Gasteiger charge is -2.39. The first kappa shape index (κ1) is 23.1. The van der Waals surface area contributed by atoms with E-state index >= 15 is 0 Å². The molecule has 0 saturated carbocycles. The number of carbonyl (C=O) groups is 1. The fourth-order valence-corrected chi connectivity index (χ4v) is 5.29. The number of nitrogens with one attached hydrogen (secondary N) is 1. The van der Waals surface area contributed by atoms with Crippen LogP contribution in [0.5, 0.6) is 0 Å². The molecule has 3 aromatic carbocycles. The predicted octanol–water partition coefficient (Wildman–Crippen LogP) is 7.28. The van der Waals surface area contributed by atoms with Crippen LogP contribution in [0, 0.1) is 0 Å². The van der Waals surface area contributed by atoms with Gasteiger partial charge < -0.3 is 15.2 Å². The first-order valence-corrected chi connectivity index (χ1v) is 12.5. The van der Waals surface area contributed by atoms with Crippen LogP contribution in [0.25, 0.3) is 11.1 Å². The molecule has 1 aliphatic heterocycles. The minimum absolute atomic E-state index is 0.305. The van der Waals surface area contributed by atoms with Crippen LogP contribution in [-0.2, 0) is 16.3 Å². The molecule has 4 nitrogen and oxygen atoms in total. The smallest absolute Gasteiger partial charge is 0.336 e. The van der Waals surface area contributed by atoms with Gasteiger partial charge in [0, 0.05) is 17.5 Å². The molecule has 5 heteroatoms. The van der Waals surface area contributed by atoms with Gasteiger partial charge in [0.15, 0.2) is 4.93 Å². The van der Waals surface area contributed by atoms with Gasteiger partial charge >= 0.3 is 5.97 Å². The summed E-state index contributed by atoms with van der Waals surface area (Å²) in [7, 11) is 0. The Hall–Kier alpha value is -3.02. The van der Waals surface area contributed by atoms with Crippen molar-refractivity contribution in [3.63, 3.8) is 0 Å². The van der Waals surface area contributed by atoms with Crippen molar-refractivity contribution in [2.45, 2.75) is 37.7 Å². The van der Waals surface area contributed by atoms with Crippen molar-refractivity contribution in [1.29, 1.82) is 0 Å². The molecule has 0 saturated heterocycles. The van der Waals surface area contributed by atoms with Gasteiger partial charge in [-0.05, 0) is 53.5 Å². The van der Waals surface area contributed by atoms with Crippen LogP contribution in [0.15, 0.2) is 84.6 Å². The van der Waals surface area contributed by atoms with E-state index < -0.39 is 10.9 Å². The van der Waals surface area contributed by atoms with Crippen molar-refractivity contribution >= 4 is 23.4 Å². The van der Waals surface area contributed by atoms with E-state index in [1.54, 1.807) is 23.9 Å². The van der Waals surface area contributed by atoms with E-state index in [1.807, 2.05) is 42.5 Å². The summed E-state index contributed by atoms with van der Waals surface area (Å²) in [6.45, 7) is 2.66. The number of carboxylic acids is 1. The molecule has 0 aromatic heterocycles. The Morgan fingerprint density at radius 2 is 1.76 bits per heavy atom. The zero-order valence-electron chi connectivity index (χ0n) is 19.0. The molecule has 0 fully saturated rings. The molecule has 1 atom stereocenters. The molecule has 4 rings (SSSR count). The monoisotopic (exact) mass is 459 g/mol. The lowest BCUT2D eigenvalue weighted by atomic mass is 9.93. The summed E-state index contributed by atoms with van der Waals surface area (Å²) < 4.78 is 6.71. The van der Waals surface area contributed by atoms with Crippen molar-refractivity contribution in [3.8, 4) is 11.1 Å². The highest BCUT2D eigenvalue weighted by Crippen LogP contribution is 2.50. The molecule has 3 aromatic rings. The number of carboxylic acid groups (broad SMARTS) is 1. The van der Waals surface area contributed by atoms with Crippen LogP contribution in [0.1, 0.15) is 47.7 Å². The number of rotatable bonds is 9. The molecule has 1 heterocycles. The summed E-state index contributed by atoms with van der Waals surface area (Å²) in [6.07, 6.45) is 7.43. The topological polar surface area (TPSA) is 58.6 Å². The van der Waals surface area contributed by atoms with Gasteiger partial charge in [-0.1, -0.05) is 74.0 Å². The molecule has 1 unspecified atom stereocenters. The number of fused-ring (bicyclic) bond motifs is 1. The third kappa shape index (κ3) is 4.70. The van der Waals surface area contributed by atoms with Crippen molar-refractivity contribution in [1.82, 2.24) is 0 Å². The third-order valence-corrected chi connectivity index (χ3v) is 7.23. The highest BCUT2D eigenvalue weighted by Gasteiger charge is 2.40. The minimum Gasteiger partial charge on any atom is -0.478 e. The molecule has 0 radical (unpaired) electrons. The van der Waals surface area contributed by atoms with E-state index in [4.69, 9.17) is 4.74 Å². The van der Waals surface area contributed by atoms with Gasteiger partial charge in [0.25, 0.3) is 0 Å². The highest BCUT2D eigenvalue weighted by atomic mass is 32.2. The summed E-state index contributed by atoms with van der Waals surface area (Å²) in [5.74, 6) is -0.920. The standard InChI is InChI=1S/C28H29NO3S/c1-3-4-9-22-18-29-26-13-8-7-12-25(26)28(22,33-2)32-19-20-14-16-21(17-15-20)23-10-5-6-11-24(23)27(30)31/h5-8,10-18,29H,3-4,9,19H2,1-2H3,(H,30,31). The van der Waals surface area contributed by atoms with Crippen LogP contribution in [0.3, 0.4) is 0 Å². The molecule has 0 aliphatic carbocycles. The lowest BCUT2D eigenvalue weighted by molar-refractivity contribution is 0.0336.